The summed E-state index contributed by atoms with van der Waals surface area (Å²) in [5, 5.41) is 0.556. The first-order valence-corrected chi connectivity index (χ1v) is 33.5. The molecular weight excluding hydrogens is 1020 g/mol. The maximum Gasteiger partial charge on any atom is 0.219 e. The largest absolute Gasteiger partial charge is 0.416 e. The molecule has 0 unspecified atom stereocenters. The maximum absolute atomic E-state index is 12.4. The normalized spacial score (nSPS) is 16.3. The standard InChI is InChI=1S/C23H36O3S.C21H32O3S.C18H38OSSi.3CH4/c1-6-23(7-2)16-25-21(26-17-23)19-12-10-18(11-13-19)20(24)27-15-9-8-14-22(3,4)5;1-6-21(7-2)14-23-19(24-15-21)17-10-8-16(9-11-17)18(22)25-13-12-20(3,4)5;1-15(20-13-12-16(2,3)4)18(8,9)14-19-21(10,11)17(5,6)7;;;/h10-13,21H,6-9,14-17H2,1-5H3;8-11,19H,6-7,12-15H2,1-5H3;1,12-14H2,2-11H3;3*1H4. The second-order valence-corrected chi connectivity index (χ2v) is 34.8. The average molecular weight is 1140 g/mol. The van der Waals surface area contributed by atoms with Crippen LogP contribution in [-0.2, 0) is 23.4 Å². The molecule has 0 aromatic heterocycles. The van der Waals surface area contributed by atoms with Gasteiger partial charge in [-0.25, -0.2) is 0 Å². The van der Waals surface area contributed by atoms with Crippen molar-refractivity contribution in [3.63, 3.8) is 0 Å². The molecule has 2 saturated heterocycles. The third kappa shape index (κ3) is 27.8. The maximum atomic E-state index is 12.4. The fourth-order valence-corrected chi connectivity index (χ4v) is 11.9. The molecule has 2 heterocycles. The van der Waals surface area contributed by atoms with Crippen LogP contribution in [0.3, 0.4) is 0 Å². The number of benzene rings is 2. The zero-order valence-electron chi connectivity index (χ0n) is 50.1. The lowest BCUT2D eigenvalue weighted by atomic mass is 9.83. The monoisotopic (exact) mass is 1130 g/mol. The number of carbonyl (C=O) groups excluding carboxylic acids is 2. The van der Waals surface area contributed by atoms with Gasteiger partial charge in [0.2, 0.25) is 10.2 Å². The minimum atomic E-state index is -1.67. The second-order valence-electron chi connectivity index (χ2n) is 26.7. The number of hydrogen-bond acceptors (Lipinski definition) is 10. The Bertz CT molecular complexity index is 1910. The highest BCUT2D eigenvalue weighted by atomic mass is 32.2. The highest BCUT2D eigenvalue weighted by Crippen LogP contribution is 2.42. The summed E-state index contributed by atoms with van der Waals surface area (Å²) in [4.78, 5) is 25.9. The van der Waals surface area contributed by atoms with Crippen molar-refractivity contribution in [2.24, 2.45) is 32.5 Å². The van der Waals surface area contributed by atoms with Crippen molar-refractivity contribution in [1.29, 1.82) is 0 Å². The van der Waals surface area contributed by atoms with E-state index in [4.69, 9.17) is 23.4 Å². The van der Waals surface area contributed by atoms with Gasteiger partial charge >= 0.3 is 0 Å². The summed E-state index contributed by atoms with van der Waals surface area (Å²) in [7, 11) is -1.67. The summed E-state index contributed by atoms with van der Waals surface area (Å²) in [6, 6.07) is 15.4. The summed E-state index contributed by atoms with van der Waals surface area (Å²) in [5.74, 6) is 2.89. The van der Waals surface area contributed by atoms with Gasteiger partial charge < -0.3 is 23.4 Å². The average Bonchev–Trinajstić information content (AvgIpc) is 3.32. The zero-order valence-corrected chi connectivity index (χ0v) is 53.5. The van der Waals surface area contributed by atoms with Gasteiger partial charge in [-0.3, -0.25) is 9.59 Å². The van der Waals surface area contributed by atoms with Crippen molar-refractivity contribution in [1.82, 2.24) is 0 Å². The molecule has 7 nitrogen and oxygen atoms in total. The number of unbranched alkanes of at least 4 members (excludes halogenated alkanes) is 1. The molecule has 0 bridgehead atoms. The van der Waals surface area contributed by atoms with E-state index in [1.165, 1.54) is 47.7 Å². The molecule has 2 aliphatic heterocycles. The van der Waals surface area contributed by atoms with Crippen molar-refractivity contribution in [2.75, 3.05) is 50.3 Å². The van der Waals surface area contributed by atoms with E-state index in [-0.39, 0.29) is 71.8 Å². The Morgan fingerprint density at radius 3 is 1.18 bits per heavy atom. The molecule has 2 aliphatic rings. The van der Waals surface area contributed by atoms with Crippen LogP contribution in [0.5, 0.6) is 0 Å². The van der Waals surface area contributed by atoms with Gasteiger partial charge in [0.15, 0.2) is 20.9 Å². The van der Waals surface area contributed by atoms with E-state index < -0.39 is 8.32 Å². The van der Waals surface area contributed by atoms with Crippen LogP contribution in [0.4, 0.5) is 0 Å². The van der Waals surface area contributed by atoms with Crippen molar-refractivity contribution in [3.05, 3.63) is 82.3 Å². The molecule has 0 radical (unpaired) electrons. The highest BCUT2D eigenvalue weighted by molar-refractivity contribution is 8.14. The first kappa shape index (κ1) is 76.7. The van der Waals surface area contributed by atoms with Crippen LogP contribution in [0.1, 0.15) is 249 Å². The van der Waals surface area contributed by atoms with Gasteiger partial charge in [-0.05, 0) is 96.4 Å². The van der Waals surface area contributed by atoms with Crippen LogP contribution in [0.2, 0.25) is 18.1 Å². The molecule has 0 saturated carbocycles. The first-order chi connectivity index (χ1) is 33.7. The molecule has 442 valence electrons. The molecule has 4 rings (SSSR count). The van der Waals surface area contributed by atoms with Crippen molar-refractivity contribution >= 4 is 53.8 Å². The quantitative estimate of drug-likeness (QED) is 0.0891. The molecule has 76 heavy (non-hydrogen) atoms. The topological polar surface area (TPSA) is 80.3 Å². The van der Waals surface area contributed by atoms with Crippen LogP contribution in [0, 0.1) is 32.5 Å². The number of ether oxygens (including phenoxy) is 4. The summed E-state index contributed by atoms with van der Waals surface area (Å²) in [6.45, 7) is 53.1. The Kier molecular flexibility index (Phi) is 34.4. The Morgan fingerprint density at radius 1 is 0.539 bits per heavy atom. The van der Waals surface area contributed by atoms with Gasteiger partial charge in [0.1, 0.15) is 0 Å². The van der Waals surface area contributed by atoms with Crippen LogP contribution >= 0.6 is 35.3 Å². The van der Waals surface area contributed by atoms with Crippen molar-refractivity contribution in [2.45, 2.75) is 235 Å². The smallest absolute Gasteiger partial charge is 0.219 e. The molecule has 2 fully saturated rings. The molecule has 0 N–H and O–H groups in total. The van der Waals surface area contributed by atoms with Crippen LogP contribution < -0.4 is 0 Å². The van der Waals surface area contributed by atoms with E-state index in [0.717, 1.165) is 111 Å². The SMILES string of the molecule is C.C.C.C=C(SCCC(C)(C)C)C(C)(C)CO[Si](C)(C)C(C)(C)C.CCC1(CC)COC(c2ccc(C(=O)SCCC(C)(C)C)cc2)OC1.CCC1(CC)COC(c2ccc(C(=O)SCCCCC(C)(C)C)cc2)OC1. The minimum Gasteiger partial charge on any atom is -0.416 e. The number of hydrogen-bond donors (Lipinski definition) is 0. The van der Waals surface area contributed by atoms with Gasteiger partial charge in [0.05, 0.1) is 26.4 Å². The van der Waals surface area contributed by atoms with E-state index in [1.807, 2.05) is 60.3 Å². The fourth-order valence-electron chi connectivity index (χ4n) is 7.32. The molecule has 0 atom stereocenters. The Hall–Kier alpha value is -1.41. The van der Waals surface area contributed by atoms with Crippen LogP contribution in [0.15, 0.2) is 60.0 Å². The van der Waals surface area contributed by atoms with Crippen molar-refractivity contribution in [3.8, 4) is 0 Å². The summed E-state index contributed by atoms with van der Waals surface area (Å²) >= 11 is 4.74. The first-order valence-electron chi connectivity index (χ1n) is 27.6. The lowest BCUT2D eigenvalue weighted by Gasteiger charge is -2.39. The molecule has 2 aromatic rings. The minimum absolute atomic E-state index is 0. The third-order valence-corrected chi connectivity index (χ3v) is 22.8. The Labute approximate surface area is 484 Å². The third-order valence-electron chi connectivity index (χ3n) is 15.1. The molecule has 0 aliphatic carbocycles. The number of thioether (sulfide) groups is 3. The van der Waals surface area contributed by atoms with Crippen molar-refractivity contribution < 1.29 is 33.0 Å². The second kappa shape index (κ2) is 34.1. The number of carbonyl (C=O) groups is 2. The van der Waals surface area contributed by atoms with E-state index in [1.54, 1.807) is 0 Å². The summed E-state index contributed by atoms with van der Waals surface area (Å²) in [5.41, 5.74) is 4.85. The van der Waals surface area contributed by atoms with E-state index in [2.05, 4.69) is 144 Å². The van der Waals surface area contributed by atoms with Crippen LogP contribution in [-0.4, -0.2) is 68.8 Å². The Balaban J connectivity index is 0. The van der Waals surface area contributed by atoms with E-state index in [0.29, 0.717) is 10.8 Å². The highest BCUT2D eigenvalue weighted by Gasteiger charge is 2.39. The van der Waals surface area contributed by atoms with E-state index in [9.17, 15) is 9.59 Å². The van der Waals surface area contributed by atoms with Gasteiger partial charge in [0.25, 0.3) is 0 Å². The fraction of sp³-hybridized carbons (Fsp3) is 0.754. The lowest BCUT2D eigenvalue weighted by Crippen LogP contribution is -2.43. The molecular formula is C65H118O7S3Si. The van der Waals surface area contributed by atoms with Gasteiger partial charge in [0, 0.05) is 56.6 Å². The van der Waals surface area contributed by atoms with E-state index >= 15 is 0 Å². The van der Waals surface area contributed by atoms with Gasteiger partial charge in [-0.1, -0.05) is 232 Å². The summed E-state index contributed by atoms with van der Waals surface area (Å²) in [6.07, 6.45) is 9.35. The zero-order chi connectivity index (χ0) is 55.5. The Morgan fingerprint density at radius 2 is 0.868 bits per heavy atom. The van der Waals surface area contributed by atoms with Gasteiger partial charge in [-0.15, -0.1) is 11.8 Å². The lowest BCUT2D eigenvalue weighted by molar-refractivity contribution is -0.235. The molecule has 0 spiro atoms. The predicted octanol–water partition coefficient (Wildman–Crippen LogP) is 21.1. The molecule has 11 heteroatoms. The summed E-state index contributed by atoms with van der Waals surface area (Å²) < 4.78 is 30.2. The molecule has 0 amide bonds. The number of rotatable bonds is 21. The molecule has 2 aromatic carbocycles. The van der Waals surface area contributed by atoms with Gasteiger partial charge in [-0.2, -0.15) is 0 Å². The van der Waals surface area contributed by atoms with Crippen LogP contribution in [0.25, 0.3) is 0 Å². The predicted molar refractivity (Wildman–Crippen MR) is 342 cm³/mol.